The van der Waals surface area contributed by atoms with E-state index in [9.17, 15) is 48.6 Å². The molecule has 27 nitrogen and oxygen atoms in total. The molecule has 3 fully saturated rings. The zero-order valence-corrected chi connectivity index (χ0v) is 49.2. The Hall–Kier alpha value is -5.48. The van der Waals surface area contributed by atoms with Crippen LogP contribution in [0.1, 0.15) is 157 Å². The molecule has 8 N–H and O–H groups in total. The minimum Gasteiger partial charge on any atom is -0.455 e. The molecule has 0 radical (unpaired) electrons. The molecule has 0 spiro atoms. The molecule has 0 aromatic carbocycles. The van der Waals surface area contributed by atoms with Crippen LogP contribution in [0, 0.1) is 0 Å². The van der Waals surface area contributed by atoms with Crippen molar-refractivity contribution in [3.05, 3.63) is 0 Å². The molecule has 3 rings (SSSR count). The maximum absolute atomic E-state index is 14.5. The monoisotopic (exact) mass is 1130 g/mol. The number of hydrogen-bond acceptors (Lipinski definition) is 21. The van der Waals surface area contributed by atoms with Crippen molar-refractivity contribution >= 4 is 48.3 Å². The summed E-state index contributed by atoms with van der Waals surface area (Å²) in [6, 6.07) is -5.29. The molecule has 1 saturated carbocycles. The van der Waals surface area contributed by atoms with E-state index in [2.05, 4.69) is 31.9 Å². The average molecular weight is 1140 g/mol. The number of rotatable bonds is 17. The highest BCUT2D eigenvalue weighted by Crippen LogP contribution is 2.35. The van der Waals surface area contributed by atoms with Crippen molar-refractivity contribution < 1.29 is 101 Å². The number of carbonyl (C=O) groups is 8. The Morgan fingerprint density at radius 2 is 0.987 bits per heavy atom. The van der Waals surface area contributed by atoms with Crippen molar-refractivity contribution in [2.75, 3.05) is 13.1 Å². The van der Waals surface area contributed by atoms with Gasteiger partial charge in [-0.2, -0.15) is 0 Å². The standard InChI is InChI=1S/C52H90N6O21/c1-19-32-35(61)34(58-47(68)79-52(16,17)18)39(70-27(3)60)42(72-32)74-37-30(55-40(63)33(69-26(2)59)22-23-53-43(64)75-48(4,5)6)24-31(57-46(67)78-51(13,14)15)38(36(37)62)73-41-29(56-45(66)77-50(10,11)12)21-20-28(71-41)25-54-44(65)76-49(7,8)9/h28-39,41-42,61-62H,19-25H2,1-18H3,(H,53,64)(H,54,65)(H,55,63)(H,56,66)(H,57,67)(H,58,68)/t28?,29?,30-,31-,32?,33+,34+,35-,36?,37+,38?,39?,41-,42-/m1/s1. The highest BCUT2D eigenvalue weighted by Gasteiger charge is 2.55. The Morgan fingerprint density at radius 3 is 1.47 bits per heavy atom. The number of esters is 2. The van der Waals surface area contributed by atoms with Gasteiger partial charge in [-0.3, -0.25) is 14.4 Å². The molecule has 2 aliphatic heterocycles. The summed E-state index contributed by atoms with van der Waals surface area (Å²) >= 11 is 0. The van der Waals surface area contributed by atoms with Crippen molar-refractivity contribution in [1.29, 1.82) is 0 Å². The zero-order chi connectivity index (χ0) is 60.2. The van der Waals surface area contributed by atoms with E-state index in [-0.39, 0.29) is 38.8 Å². The number of alkyl carbamates (subject to hydrolysis) is 5. The van der Waals surface area contributed by atoms with Gasteiger partial charge in [0.05, 0.1) is 30.3 Å². The van der Waals surface area contributed by atoms with Gasteiger partial charge in [-0.05, 0) is 130 Å². The van der Waals surface area contributed by atoms with Gasteiger partial charge in [-0.25, -0.2) is 24.0 Å². The number of aliphatic hydroxyl groups excluding tert-OH is 2. The first-order valence-electron chi connectivity index (χ1n) is 26.7. The summed E-state index contributed by atoms with van der Waals surface area (Å²) in [6.45, 7) is 28.1. The third-order valence-corrected chi connectivity index (χ3v) is 11.4. The van der Waals surface area contributed by atoms with E-state index in [4.69, 9.17) is 52.1 Å². The van der Waals surface area contributed by atoms with Crippen LogP contribution in [0.3, 0.4) is 0 Å². The number of nitrogens with one attached hydrogen (secondary N) is 6. The molecule has 3 aliphatic rings. The van der Waals surface area contributed by atoms with Gasteiger partial charge in [-0.1, -0.05) is 6.92 Å². The zero-order valence-electron chi connectivity index (χ0n) is 49.2. The van der Waals surface area contributed by atoms with Crippen LogP contribution in [-0.2, 0) is 66.5 Å². The second-order valence-corrected chi connectivity index (χ2v) is 24.6. The quantitative estimate of drug-likeness (QED) is 0.0754. The Morgan fingerprint density at radius 1 is 0.532 bits per heavy atom. The third-order valence-electron chi connectivity index (χ3n) is 11.4. The predicted molar refractivity (Wildman–Crippen MR) is 279 cm³/mol. The van der Waals surface area contributed by atoms with Crippen LogP contribution in [0.5, 0.6) is 0 Å². The number of carbonyl (C=O) groups excluding carboxylic acids is 8. The van der Waals surface area contributed by atoms with Gasteiger partial charge in [0.1, 0.15) is 58.5 Å². The second-order valence-electron chi connectivity index (χ2n) is 24.6. The predicted octanol–water partition coefficient (Wildman–Crippen LogP) is 3.99. The molecule has 1 aliphatic carbocycles. The van der Waals surface area contributed by atoms with Gasteiger partial charge in [0.2, 0.25) is 0 Å². The summed E-state index contributed by atoms with van der Waals surface area (Å²) in [5.74, 6) is -2.75. The van der Waals surface area contributed by atoms with Crippen LogP contribution in [0.4, 0.5) is 24.0 Å². The Bertz CT molecular complexity index is 2080. The van der Waals surface area contributed by atoms with E-state index in [1.165, 1.54) is 0 Å². The van der Waals surface area contributed by atoms with Gasteiger partial charge in [0.15, 0.2) is 24.8 Å². The summed E-state index contributed by atoms with van der Waals surface area (Å²) < 4.78 is 64.6. The normalized spacial score (nSPS) is 28.0. The molecule has 27 heteroatoms. The topological polar surface area (TPSA) is 351 Å². The van der Waals surface area contributed by atoms with E-state index in [0.29, 0.717) is 0 Å². The van der Waals surface area contributed by atoms with Gasteiger partial charge in [-0.15, -0.1) is 0 Å². The molecule has 6 amide bonds. The fourth-order valence-electron chi connectivity index (χ4n) is 8.49. The minimum atomic E-state index is -2.00. The molecule has 0 aromatic rings. The molecular weight excluding hydrogens is 1040 g/mol. The number of ether oxygens (including phenoxy) is 11. The largest absolute Gasteiger partial charge is 0.455 e. The van der Waals surface area contributed by atoms with Gasteiger partial charge < -0.3 is 94.2 Å². The summed E-state index contributed by atoms with van der Waals surface area (Å²) in [5, 5.41) is 40.6. The summed E-state index contributed by atoms with van der Waals surface area (Å²) in [7, 11) is 0. The Kier molecular flexibility index (Phi) is 24.3. The Labute approximate surface area is 463 Å². The summed E-state index contributed by atoms with van der Waals surface area (Å²) in [6.07, 6.45) is -20.0. The first kappa shape index (κ1) is 67.8. The first-order valence-corrected chi connectivity index (χ1v) is 26.7. The highest BCUT2D eigenvalue weighted by molar-refractivity contribution is 5.84. The van der Waals surface area contributed by atoms with Crippen molar-refractivity contribution in [2.45, 2.75) is 270 Å². The highest BCUT2D eigenvalue weighted by atomic mass is 16.7. The fraction of sp³-hybridized carbons (Fsp3) is 0.846. The smallest absolute Gasteiger partial charge is 0.408 e. The van der Waals surface area contributed by atoms with E-state index in [1.807, 2.05) is 0 Å². The minimum absolute atomic E-state index is 0.0950. The van der Waals surface area contributed by atoms with Crippen molar-refractivity contribution in [1.82, 2.24) is 31.9 Å². The SMILES string of the molecule is CCC1O[C@H](O[C@@H]2C(O)C(O[C@H]3OC(CNC(=O)OC(C)(C)C)CCC3NC(=O)OC(C)(C)C)[C@H](NC(=O)OC(C)(C)C)C[C@H]2NC(=O)[C@H](CCNC(=O)OC(C)(C)C)OC(C)=O)C(OC(C)=O)[C@@H](NC(=O)OC(C)(C)C)[C@@H]1O. The van der Waals surface area contributed by atoms with Gasteiger partial charge in [0.25, 0.3) is 5.91 Å². The van der Waals surface area contributed by atoms with Gasteiger partial charge >= 0.3 is 42.4 Å². The number of amides is 6. The van der Waals surface area contributed by atoms with Crippen LogP contribution in [0.15, 0.2) is 0 Å². The van der Waals surface area contributed by atoms with Gasteiger partial charge in [0, 0.05) is 33.4 Å². The number of aliphatic hydroxyl groups is 2. The lowest BCUT2D eigenvalue weighted by Crippen LogP contribution is -2.70. The van der Waals surface area contributed by atoms with Crippen molar-refractivity contribution in [3.8, 4) is 0 Å². The Balaban J connectivity index is 2.26. The summed E-state index contributed by atoms with van der Waals surface area (Å²) in [5.41, 5.74) is -4.71. The van der Waals surface area contributed by atoms with E-state index < -0.39 is 168 Å². The van der Waals surface area contributed by atoms with E-state index in [0.717, 1.165) is 13.8 Å². The molecule has 14 atom stereocenters. The fourth-order valence-corrected chi connectivity index (χ4v) is 8.49. The molecular formula is C52H90N6O21. The molecule has 79 heavy (non-hydrogen) atoms. The van der Waals surface area contributed by atoms with Crippen LogP contribution < -0.4 is 31.9 Å². The van der Waals surface area contributed by atoms with E-state index >= 15 is 0 Å². The van der Waals surface area contributed by atoms with Crippen LogP contribution in [0.2, 0.25) is 0 Å². The molecule has 0 bridgehead atoms. The van der Waals surface area contributed by atoms with Crippen molar-refractivity contribution in [2.24, 2.45) is 0 Å². The lowest BCUT2D eigenvalue weighted by molar-refractivity contribution is -0.315. The molecule has 2 heterocycles. The van der Waals surface area contributed by atoms with Crippen molar-refractivity contribution in [3.63, 3.8) is 0 Å². The summed E-state index contributed by atoms with van der Waals surface area (Å²) in [4.78, 5) is 106. The van der Waals surface area contributed by atoms with E-state index in [1.54, 1.807) is 111 Å². The maximum atomic E-state index is 14.5. The average Bonchev–Trinajstić information content (AvgIpc) is 3.24. The molecule has 0 aromatic heterocycles. The molecule has 2 saturated heterocycles. The number of hydrogen-bond donors (Lipinski definition) is 8. The van der Waals surface area contributed by atoms with Crippen LogP contribution in [-0.4, -0.2) is 185 Å². The maximum Gasteiger partial charge on any atom is 0.408 e. The van der Waals surface area contributed by atoms with Crippen LogP contribution >= 0.6 is 0 Å². The van der Waals surface area contributed by atoms with Crippen LogP contribution in [0.25, 0.3) is 0 Å². The third kappa shape index (κ3) is 24.4. The second kappa shape index (κ2) is 28.3. The first-order chi connectivity index (χ1) is 36.1. The molecule has 454 valence electrons. The lowest BCUT2D eigenvalue weighted by Gasteiger charge is -2.50. The molecule has 6 unspecified atom stereocenters. The lowest BCUT2D eigenvalue weighted by atomic mass is 9.83.